The molecule has 0 aliphatic carbocycles. The topological polar surface area (TPSA) is 50.3 Å². The standard InChI is InChI=1S/C13H22N4O/c1-4-11-15-12(14-5-2)8-13(16-11)17-7-6-10(9-17)18-3/h8,10H,4-7,9H2,1-3H3,(H,14,15,16). The summed E-state index contributed by atoms with van der Waals surface area (Å²) in [6, 6.07) is 2.03. The molecule has 0 spiro atoms. The van der Waals surface area contributed by atoms with Crippen LogP contribution >= 0.6 is 0 Å². The van der Waals surface area contributed by atoms with Gasteiger partial charge in [-0.3, -0.25) is 0 Å². The van der Waals surface area contributed by atoms with Crippen LogP contribution in [0.5, 0.6) is 0 Å². The Morgan fingerprint density at radius 3 is 2.89 bits per heavy atom. The van der Waals surface area contributed by atoms with Crippen LogP contribution in [-0.2, 0) is 11.2 Å². The summed E-state index contributed by atoms with van der Waals surface area (Å²) in [7, 11) is 1.77. The van der Waals surface area contributed by atoms with Crippen LogP contribution in [-0.4, -0.2) is 42.8 Å². The third-order valence-electron chi connectivity index (χ3n) is 3.24. The molecule has 5 heteroatoms. The van der Waals surface area contributed by atoms with Gasteiger partial charge in [0.25, 0.3) is 0 Å². The predicted octanol–water partition coefficient (Wildman–Crippen LogP) is 1.70. The minimum absolute atomic E-state index is 0.327. The van der Waals surface area contributed by atoms with Gasteiger partial charge in [-0.05, 0) is 13.3 Å². The second-order valence-electron chi connectivity index (χ2n) is 4.50. The molecule has 1 aromatic rings. The van der Waals surface area contributed by atoms with Crippen LogP contribution in [0, 0.1) is 0 Å². The molecule has 0 radical (unpaired) electrons. The Hall–Kier alpha value is -1.36. The first-order valence-electron chi connectivity index (χ1n) is 6.66. The van der Waals surface area contributed by atoms with Crippen LogP contribution in [0.25, 0.3) is 0 Å². The van der Waals surface area contributed by atoms with Crippen molar-refractivity contribution in [3.8, 4) is 0 Å². The fourth-order valence-electron chi connectivity index (χ4n) is 2.20. The van der Waals surface area contributed by atoms with Crippen LogP contribution in [0.15, 0.2) is 6.07 Å². The van der Waals surface area contributed by atoms with Crippen molar-refractivity contribution in [3.05, 3.63) is 11.9 Å². The number of rotatable bonds is 5. The number of aryl methyl sites for hydroxylation is 1. The molecule has 2 heterocycles. The van der Waals surface area contributed by atoms with Crippen molar-refractivity contribution >= 4 is 11.6 Å². The summed E-state index contributed by atoms with van der Waals surface area (Å²) >= 11 is 0. The Labute approximate surface area is 109 Å². The van der Waals surface area contributed by atoms with E-state index in [0.29, 0.717) is 6.10 Å². The minimum atomic E-state index is 0.327. The molecule has 1 N–H and O–H groups in total. The molecule has 1 aliphatic rings. The highest BCUT2D eigenvalue weighted by molar-refractivity contribution is 5.50. The van der Waals surface area contributed by atoms with Crippen LogP contribution in [0.1, 0.15) is 26.1 Å². The molecule has 1 fully saturated rings. The molecule has 1 saturated heterocycles. The van der Waals surface area contributed by atoms with Crippen LogP contribution in [0.2, 0.25) is 0 Å². The Morgan fingerprint density at radius 2 is 2.28 bits per heavy atom. The number of anilines is 2. The largest absolute Gasteiger partial charge is 0.380 e. The number of aromatic nitrogens is 2. The monoisotopic (exact) mass is 250 g/mol. The molecule has 0 amide bonds. The number of hydrogen-bond donors (Lipinski definition) is 1. The zero-order valence-electron chi connectivity index (χ0n) is 11.4. The SMILES string of the molecule is CCNc1cc(N2CCC(OC)C2)nc(CC)n1. The molecule has 1 aliphatic heterocycles. The van der Waals surface area contributed by atoms with Crippen molar-refractivity contribution in [1.82, 2.24) is 9.97 Å². The molecule has 1 unspecified atom stereocenters. The van der Waals surface area contributed by atoms with Gasteiger partial charge in [0, 0.05) is 39.2 Å². The predicted molar refractivity (Wildman–Crippen MR) is 73.2 cm³/mol. The second-order valence-corrected chi connectivity index (χ2v) is 4.50. The quantitative estimate of drug-likeness (QED) is 0.862. The van der Waals surface area contributed by atoms with Gasteiger partial charge in [0.1, 0.15) is 17.5 Å². The number of nitrogens with zero attached hydrogens (tertiary/aromatic N) is 3. The highest BCUT2D eigenvalue weighted by atomic mass is 16.5. The van der Waals surface area contributed by atoms with E-state index in [1.54, 1.807) is 7.11 Å². The van der Waals surface area contributed by atoms with E-state index in [-0.39, 0.29) is 0 Å². The highest BCUT2D eigenvalue weighted by Crippen LogP contribution is 2.22. The smallest absolute Gasteiger partial charge is 0.134 e. The van der Waals surface area contributed by atoms with Gasteiger partial charge in [-0.2, -0.15) is 0 Å². The van der Waals surface area contributed by atoms with Crippen LogP contribution in [0.4, 0.5) is 11.6 Å². The lowest BCUT2D eigenvalue weighted by Gasteiger charge is -2.18. The third kappa shape index (κ3) is 2.90. The van der Waals surface area contributed by atoms with Gasteiger partial charge in [-0.1, -0.05) is 6.92 Å². The van der Waals surface area contributed by atoms with E-state index >= 15 is 0 Å². The molecule has 5 nitrogen and oxygen atoms in total. The number of hydrogen-bond acceptors (Lipinski definition) is 5. The molecule has 0 bridgehead atoms. The van der Waals surface area contributed by atoms with Gasteiger partial charge in [0.15, 0.2) is 0 Å². The average molecular weight is 250 g/mol. The molecule has 0 saturated carbocycles. The summed E-state index contributed by atoms with van der Waals surface area (Å²) in [5, 5.41) is 3.26. The molecular weight excluding hydrogens is 228 g/mol. The third-order valence-corrected chi connectivity index (χ3v) is 3.24. The van der Waals surface area contributed by atoms with Crippen LogP contribution < -0.4 is 10.2 Å². The molecule has 1 atom stereocenters. The van der Waals surface area contributed by atoms with Crippen molar-refractivity contribution in [1.29, 1.82) is 0 Å². The van der Waals surface area contributed by atoms with Crippen molar-refractivity contribution in [2.24, 2.45) is 0 Å². The molecule has 1 aromatic heterocycles. The number of nitrogens with one attached hydrogen (secondary N) is 1. The first-order chi connectivity index (χ1) is 8.76. The van der Waals surface area contributed by atoms with Gasteiger partial charge >= 0.3 is 0 Å². The first kappa shape index (κ1) is 13.1. The van der Waals surface area contributed by atoms with E-state index in [2.05, 4.69) is 34.0 Å². The maximum atomic E-state index is 5.40. The van der Waals surface area contributed by atoms with E-state index in [4.69, 9.17) is 4.74 Å². The summed E-state index contributed by atoms with van der Waals surface area (Å²) in [5.41, 5.74) is 0. The fourth-order valence-corrected chi connectivity index (χ4v) is 2.20. The van der Waals surface area contributed by atoms with Crippen molar-refractivity contribution in [2.45, 2.75) is 32.8 Å². The van der Waals surface area contributed by atoms with Crippen molar-refractivity contribution < 1.29 is 4.74 Å². The summed E-state index contributed by atoms with van der Waals surface area (Å²) in [5.74, 6) is 2.82. The van der Waals surface area contributed by atoms with E-state index < -0.39 is 0 Å². The summed E-state index contributed by atoms with van der Waals surface area (Å²) in [6.07, 6.45) is 2.25. The summed E-state index contributed by atoms with van der Waals surface area (Å²) in [6.45, 7) is 6.95. The Kier molecular flexibility index (Phi) is 4.36. The lowest BCUT2D eigenvalue weighted by Crippen LogP contribution is -2.24. The summed E-state index contributed by atoms with van der Waals surface area (Å²) in [4.78, 5) is 11.3. The van der Waals surface area contributed by atoms with Gasteiger partial charge in [-0.15, -0.1) is 0 Å². The lowest BCUT2D eigenvalue weighted by molar-refractivity contribution is 0.121. The van der Waals surface area contributed by atoms with E-state index in [1.807, 2.05) is 6.07 Å². The Morgan fingerprint density at radius 1 is 1.44 bits per heavy atom. The number of ether oxygens (including phenoxy) is 1. The normalized spacial score (nSPS) is 19.3. The average Bonchev–Trinajstić information content (AvgIpc) is 2.87. The van der Waals surface area contributed by atoms with Crippen molar-refractivity contribution in [2.75, 3.05) is 37.0 Å². The van der Waals surface area contributed by atoms with Gasteiger partial charge in [-0.25, -0.2) is 9.97 Å². The van der Waals surface area contributed by atoms with Gasteiger partial charge in [0.2, 0.25) is 0 Å². The van der Waals surface area contributed by atoms with E-state index in [9.17, 15) is 0 Å². The zero-order chi connectivity index (χ0) is 13.0. The molecule has 100 valence electrons. The minimum Gasteiger partial charge on any atom is -0.380 e. The van der Waals surface area contributed by atoms with E-state index in [1.165, 1.54) is 0 Å². The maximum absolute atomic E-state index is 5.40. The second kappa shape index (κ2) is 6.00. The molecule has 18 heavy (non-hydrogen) atoms. The molecule has 0 aromatic carbocycles. The van der Waals surface area contributed by atoms with E-state index in [0.717, 1.165) is 49.9 Å². The van der Waals surface area contributed by atoms with Crippen molar-refractivity contribution in [3.63, 3.8) is 0 Å². The lowest BCUT2D eigenvalue weighted by atomic mass is 10.3. The Balaban J connectivity index is 2.18. The number of methoxy groups -OCH3 is 1. The zero-order valence-corrected chi connectivity index (χ0v) is 11.4. The first-order valence-corrected chi connectivity index (χ1v) is 6.66. The fraction of sp³-hybridized carbons (Fsp3) is 0.692. The van der Waals surface area contributed by atoms with Crippen LogP contribution in [0.3, 0.4) is 0 Å². The molecule has 2 rings (SSSR count). The van der Waals surface area contributed by atoms with Gasteiger partial charge < -0.3 is 15.0 Å². The Bertz CT molecular complexity index is 397. The highest BCUT2D eigenvalue weighted by Gasteiger charge is 2.23. The molecular formula is C13H22N4O. The maximum Gasteiger partial charge on any atom is 0.134 e. The van der Waals surface area contributed by atoms with Gasteiger partial charge in [0.05, 0.1) is 6.10 Å². The summed E-state index contributed by atoms with van der Waals surface area (Å²) < 4.78 is 5.40.